The molecule has 0 aromatic rings. The third kappa shape index (κ3) is 8.50. The normalized spacial score (nSPS) is 11.9. The SMILES string of the molecule is CN(CC(C)(C)C)C(=O)NC(=O)CC(C)(C)CC(=O)O. The number of nitrogens with one attached hydrogen (secondary N) is 1. The number of carboxylic acid groups (broad SMARTS) is 1. The number of carbonyl (C=O) groups excluding carboxylic acids is 2. The zero-order chi connectivity index (χ0) is 16.1. The fourth-order valence-electron chi connectivity index (χ4n) is 1.95. The van der Waals surface area contributed by atoms with Crippen molar-refractivity contribution < 1.29 is 19.5 Å². The first-order valence-corrected chi connectivity index (χ1v) is 6.59. The Kier molecular flexibility index (Phi) is 6.19. The number of imide groups is 1. The lowest BCUT2D eigenvalue weighted by molar-refractivity contribution is -0.139. The number of urea groups is 1. The Balaban J connectivity index is 4.40. The summed E-state index contributed by atoms with van der Waals surface area (Å²) in [4.78, 5) is 35.7. The van der Waals surface area contributed by atoms with Gasteiger partial charge >= 0.3 is 12.0 Å². The molecule has 3 amide bonds. The summed E-state index contributed by atoms with van der Waals surface area (Å²) in [5.74, 6) is -1.42. The van der Waals surface area contributed by atoms with Crippen LogP contribution in [0.4, 0.5) is 4.79 Å². The van der Waals surface area contributed by atoms with Crippen LogP contribution in [0.15, 0.2) is 0 Å². The quantitative estimate of drug-likeness (QED) is 0.810. The van der Waals surface area contributed by atoms with Crippen molar-refractivity contribution in [2.75, 3.05) is 13.6 Å². The van der Waals surface area contributed by atoms with Crippen molar-refractivity contribution in [1.82, 2.24) is 10.2 Å². The Labute approximate surface area is 120 Å². The van der Waals surface area contributed by atoms with Crippen LogP contribution in [0.5, 0.6) is 0 Å². The van der Waals surface area contributed by atoms with Gasteiger partial charge in [-0.25, -0.2) is 4.79 Å². The molecule has 0 aliphatic carbocycles. The van der Waals surface area contributed by atoms with Gasteiger partial charge in [0.05, 0.1) is 6.42 Å². The minimum atomic E-state index is -0.959. The van der Waals surface area contributed by atoms with Crippen LogP contribution in [-0.4, -0.2) is 41.5 Å². The van der Waals surface area contributed by atoms with Crippen molar-refractivity contribution in [3.05, 3.63) is 0 Å². The number of hydrogen-bond donors (Lipinski definition) is 2. The Bertz CT molecular complexity index is 383. The van der Waals surface area contributed by atoms with Gasteiger partial charge in [-0.3, -0.25) is 14.9 Å². The largest absolute Gasteiger partial charge is 0.481 e. The minimum absolute atomic E-state index is 0.00556. The van der Waals surface area contributed by atoms with Crippen LogP contribution in [0.3, 0.4) is 0 Å². The molecule has 0 aliphatic rings. The van der Waals surface area contributed by atoms with Gasteiger partial charge in [0.15, 0.2) is 0 Å². The Morgan fingerprint density at radius 3 is 1.95 bits per heavy atom. The second-order valence-corrected chi connectivity index (χ2v) is 7.18. The van der Waals surface area contributed by atoms with Crippen molar-refractivity contribution in [2.45, 2.75) is 47.5 Å². The molecule has 0 fully saturated rings. The van der Waals surface area contributed by atoms with E-state index in [4.69, 9.17) is 5.11 Å². The maximum atomic E-state index is 11.8. The summed E-state index contributed by atoms with van der Waals surface area (Å²) in [5, 5.41) is 11.0. The number of hydrogen-bond acceptors (Lipinski definition) is 3. The second kappa shape index (κ2) is 6.72. The Morgan fingerprint density at radius 2 is 1.55 bits per heavy atom. The summed E-state index contributed by atoms with van der Waals surface area (Å²) in [5.41, 5.74) is -0.740. The summed E-state index contributed by atoms with van der Waals surface area (Å²) in [6, 6.07) is -0.462. The summed E-state index contributed by atoms with van der Waals surface area (Å²) in [6.45, 7) is 9.87. The lowest BCUT2D eigenvalue weighted by Gasteiger charge is -2.27. The van der Waals surface area contributed by atoms with Gasteiger partial charge in [0, 0.05) is 20.0 Å². The second-order valence-electron chi connectivity index (χ2n) is 7.18. The van der Waals surface area contributed by atoms with E-state index in [1.165, 1.54) is 4.90 Å². The first-order chi connectivity index (χ1) is 8.82. The molecule has 20 heavy (non-hydrogen) atoms. The van der Waals surface area contributed by atoms with E-state index in [0.29, 0.717) is 6.54 Å². The van der Waals surface area contributed by atoms with Crippen molar-refractivity contribution >= 4 is 17.9 Å². The first kappa shape index (κ1) is 18.4. The van der Waals surface area contributed by atoms with Gasteiger partial charge < -0.3 is 10.0 Å². The van der Waals surface area contributed by atoms with E-state index < -0.39 is 23.3 Å². The van der Waals surface area contributed by atoms with Gasteiger partial charge in [0.1, 0.15) is 0 Å². The fourth-order valence-corrected chi connectivity index (χ4v) is 1.95. The van der Waals surface area contributed by atoms with Crippen LogP contribution in [0.25, 0.3) is 0 Å². The van der Waals surface area contributed by atoms with E-state index in [1.807, 2.05) is 20.8 Å². The van der Waals surface area contributed by atoms with Gasteiger partial charge in [-0.05, 0) is 10.8 Å². The predicted octanol–water partition coefficient (Wildman–Crippen LogP) is 2.09. The number of nitrogens with zero attached hydrogens (tertiary/aromatic N) is 1. The van der Waals surface area contributed by atoms with E-state index >= 15 is 0 Å². The Hall–Kier alpha value is -1.59. The van der Waals surface area contributed by atoms with Crippen LogP contribution < -0.4 is 5.32 Å². The van der Waals surface area contributed by atoms with Gasteiger partial charge in [0.25, 0.3) is 0 Å². The van der Waals surface area contributed by atoms with E-state index in [0.717, 1.165) is 0 Å². The third-order valence-corrected chi connectivity index (χ3v) is 2.57. The zero-order valence-electron chi connectivity index (χ0n) is 13.2. The van der Waals surface area contributed by atoms with Crippen molar-refractivity contribution in [2.24, 2.45) is 10.8 Å². The van der Waals surface area contributed by atoms with Crippen LogP contribution in [0.1, 0.15) is 47.5 Å². The topological polar surface area (TPSA) is 86.7 Å². The molecule has 0 aliphatic heterocycles. The molecule has 0 heterocycles. The van der Waals surface area contributed by atoms with Crippen LogP contribution in [0.2, 0.25) is 0 Å². The molecule has 2 N–H and O–H groups in total. The molecule has 0 atom stereocenters. The summed E-state index contributed by atoms with van der Waals surface area (Å²) < 4.78 is 0. The number of carbonyl (C=O) groups is 3. The molecule has 0 unspecified atom stereocenters. The van der Waals surface area contributed by atoms with E-state index in [9.17, 15) is 14.4 Å². The van der Waals surface area contributed by atoms with Gasteiger partial charge in [0.2, 0.25) is 5.91 Å². The number of aliphatic carboxylic acids is 1. The molecule has 116 valence electrons. The van der Waals surface area contributed by atoms with Crippen molar-refractivity contribution in [3.63, 3.8) is 0 Å². The van der Waals surface area contributed by atoms with Gasteiger partial charge in [-0.1, -0.05) is 34.6 Å². The smallest absolute Gasteiger partial charge is 0.323 e. The van der Waals surface area contributed by atoms with E-state index in [-0.39, 0.29) is 18.3 Å². The molecule has 0 rings (SSSR count). The standard InChI is InChI=1S/C14H26N2O4/c1-13(2,3)9-16(6)12(20)15-10(17)7-14(4,5)8-11(18)19/h7-9H2,1-6H3,(H,18,19)(H,15,17,20). The van der Waals surface area contributed by atoms with Gasteiger partial charge in [-0.2, -0.15) is 0 Å². The Morgan fingerprint density at radius 1 is 1.05 bits per heavy atom. The van der Waals surface area contributed by atoms with E-state index in [1.54, 1.807) is 20.9 Å². The van der Waals surface area contributed by atoms with Crippen LogP contribution in [0, 0.1) is 10.8 Å². The molecule has 0 saturated carbocycles. The van der Waals surface area contributed by atoms with Gasteiger partial charge in [-0.15, -0.1) is 0 Å². The zero-order valence-corrected chi connectivity index (χ0v) is 13.2. The third-order valence-electron chi connectivity index (χ3n) is 2.57. The molecule has 6 heteroatoms. The molecule has 0 radical (unpaired) electrons. The lowest BCUT2D eigenvalue weighted by Crippen LogP contribution is -2.44. The molecule has 0 bridgehead atoms. The number of rotatable bonds is 5. The predicted molar refractivity (Wildman–Crippen MR) is 76.3 cm³/mol. The first-order valence-electron chi connectivity index (χ1n) is 6.59. The highest BCUT2D eigenvalue weighted by Gasteiger charge is 2.27. The highest BCUT2D eigenvalue weighted by atomic mass is 16.4. The molecule has 0 saturated heterocycles. The highest BCUT2D eigenvalue weighted by molar-refractivity contribution is 5.94. The fraction of sp³-hybridized carbons (Fsp3) is 0.786. The molecular formula is C14H26N2O4. The van der Waals surface area contributed by atoms with Crippen molar-refractivity contribution in [3.8, 4) is 0 Å². The molecule has 0 aromatic heterocycles. The average Bonchev–Trinajstić information content (AvgIpc) is 2.10. The maximum Gasteiger partial charge on any atom is 0.323 e. The molecule has 6 nitrogen and oxygen atoms in total. The lowest BCUT2D eigenvalue weighted by atomic mass is 9.85. The summed E-state index contributed by atoms with van der Waals surface area (Å²) in [7, 11) is 1.62. The number of amides is 3. The molecule has 0 spiro atoms. The van der Waals surface area contributed by atoms with Crippen molar-refractivity contribution in [1.29, 1.82) is 0 Å². The molecular weight excluding hydrogens is 260 g/mol. The number of carboxylic acids is 1. The highest BCUT2D eigenvalue weighted by Crippen LogP contribution is 2.24. The van der Waals surface area contributed by atoms with Crippen LogP contribution in [-0.2, 0) is 9.59 Å². The average molecular weight is 286 g/mol. The maximum absolute atomic E-state index is 11.8. The van der Waals surface area contributed by atoms with Crippen LogP contribution >= 0.6 is 0 Å². The monoisotopic (exact) mass is 286 g/mol. The molecule has 0 aromatic carbocycles. The minimum Gasteiger partial charge on any atom is -0.481 e. The van der Waals surface area contributed by atoms with E-state index in [2.05, 4.69) is 5.32 Å². The summed E-state index contributed by atoms with van der Waals surface area (Å²) in [6.07, 6.45) is -0.124. The summed E-state index contributed by atoms with van der Waals surface area (Å²) >= 11 is 0.